The van der Waals surface area contributed by atoms with Crippen LogP contribution in [0.1, 0.15) is 31.2 Å². The second-order valence-electron chi connectivity index (χ2n) is 3.98. The molecule has 0 radical (unpaired) electrons. The molecular weight excluding hydrogens is 219 g/mol. The smallest absolute Gasteiger partial charge is 0.220 e. The number of nitrogens with two attached hydrogens (primary N) is 1. The Labute approximate surface area is 101 Å². The number of carbonyl (C=O) groups excluding carboxylic acids is 1. The van der Waals surface area contributed by atoms with Gasteiger partial charge in [-0.25, -0.2) is 4.39 Å². The van der Waals surface area contributed by atoms with Crippen LogP contribution in [-0.4, -0.2) is 19.0 Å². The van der Waals surface area contributed by atoms with Crippen molar-refractivity contribution in [3.8, 4) is 0 Å². The van der Waals surface area contributed by atoms with Crippen molar-refractivity contribution in [2.45, 2.75) is 25.7 Å². The van der Waals surface area contributed by atoms with Crippen LogP contribution < -0.4 is 11.1 Å². The quantitative estimate of drug-likeness (QED) is 0.793. The number of hydrogen-bond donors (Lipinski definition) is 2. The summed E-state index contributed by atoms with van der Waals surface area (Å²) in [5.74, 6) is -0.213. The van der Waals surface area contributed by atoms with Gasteiger partial charge in [0.05, 0.1) is 0 Å². The van der Waals surface area contributed by atoms with Gasteiger partial charge < -0.3 is 11.1 Å². The lowest BCUT2D eigenvalue weighted by Gasteiger charge is -2.14. The van der Waals surface area contributed by atoms with E-state index in [2.05, 4.69) is 5.32 Å². The van der Waals surface area contributed by atoms with Crippen molar-refractivity contribution in [3.05, 3.63) is 35.6 Å². The highest BCUT2D eigenvalue weighted by Crippen LogP contribution is 2.20. The summed E-state index contributed by atoms with van der Waals surface area (Å²) >= 11 is 0. The molecule has 0 aromatic heterocycles. The predicted molar refractivity (Wildman–Crippen MR) is 66.1 cm³/mol. The first-order valence-electron chi connectivity index (χ1n) is 5.89. The van der Waals surface area contributed by atoms with Crippen molar-refractivity contribution in [1.82, 2.24) is 5.32 Å². The first-order valence-corrected chi connectivity index (χ1v) is 5.89. The summed E-state index contributed by atoms with van der Waals surface area (Å²) < 4.78 is 13.1. The highest BCUT2D eigenvalue weighted by atomic mass is 19.1. The van der Waals surface area contributed by atoms with Crippen LogP contribution in [0.2, 0.25) is 0 Å². The van der Waals surface area contributed by atoms with Crippen LogP contribution in [0.25, 0.3) is 0 Å². The molecule has 4 heteroatoms. The molecule has 1 aromatic carbocycles. The molecular formula is C13H19FN2O. The van der Waals surface area contributed by atoms with E-state index >= 15 is 0 Å². The van der Waals surface area contributed by atoms with Gasteiger partial charge in [-0.05, 0) is 43.5 Å². The molecule has 1 atom stereocenters. The van der Waals surface area contributed by atoms with Crippen molar-refractivity contribution in [2.75, 3.05) is 13.1 Å². The fraction of sp³-hybridized carbons (Fsp3) is 0.462. The van der Waals surface area contributed by atoms with E-state index in [1.54, 1.807) is 6.07 Å². The third kappa shape index (κ3) is 4.53. The molecule has 0 heterocycles. The van der Waals surface area contributed by atoms with Crippen LogP contribution in [0.5, 0.6) is 0 Å². The van der Waals surface area contributed by atoms with Gasteiger partial charge in [0.15, 0.2) is 0 Å². The van der Waals surface area contributed by atoms with Gasteiger partial charge in [0, 0.05) is 13.0 Å². The van der Waals surface area contributed by atoms with Crippen LogP contribution in [-0.2, 0) is 4.79 Å². The Kier molecular flexibility index (Phi) is 5.63. The van der Waals surface area contributed by atoms with Crippen LogP contribution in [0, 0.1) is 5.82 Å². The zero-order valence-corrected chi connectivity index (χ0v) is 10.1. The summed E-state index contributed by atoms with van der Waals surface area (Å²) in [4.78, 5) is 11.3. The maximum absolute atomic E-state index is 13.1. The van der Waals surface area contributed by atoms with Crippen molar-refractivity contribution in [1.29, 1.82) is 0 Å². The molecule has 1 aromatic rings. The molecule has 1 unspecified atom stereocenters. The van der Waals surface area contributed by atoms with Crippen molar-refractivity contribution in [3.63, 3.8) is 0 Å². The molecule has 3 N–H and O–H groups in total. The number of halogens is 1. The largest absolute Gasteiger partial charge is 0.356 e. The Balaban J connectivity index is 2.57. The van der Waals surface area contributed by atoms with Crippen LogP contribution in [0.3, 0.4) is 0 Å². The zero-order chi connectivity index (χ0) is 12.7. The molecule has 0 aliphatic rings. The van der Waals surface area contributed by atoms with Gasteiger partial charge in [0.1, 0.15) is 5.82 Å². The topological polar surface area (TPSA) is 55.1 Å². The average Bonchev–Trinajstić information content (AvgIpc) is 2.30. The standard InChI is InChI=1S/C13H19FN2O/c1-2-16-13(17)7-6-11(9-15)10-4-3-5-12(14)8-10/h3-5,8,11H,2,6-7,9,15H2,1H3,(H,16,17). The maximum Gasteiger partial charge on any atom is 0.220 e. The lowest BCUT2D eigenvalue weighted by molar-refractivity contribution is -0.121. The number of carbonyl (C=O) groups is 1. The monoisotopic (exact) mass is 238 g/mol. The van der Waals surface area contributed by atoms with Crippen molar-refractivity contribution in [2.24, 2.45) is 5.73 Å². The molecule has 0 bridgehead atoms. The van der Waals surface area contributed by atoms with Crippen LogP contribution >= 0.6 is 0 Å². The Bertz CT molecular complexity index is 368. The lowest BCUT2D eigenvalue weighted by Crippen LogP contribution is -2.24. The molecule has 0 spiro atoms. The SMILES string of the molecule is CCNC(=O)CCC(CN)c1cccc(F)c1. The van der Waals surface area contributed by atoms with E-state index < -0.39 is 0 Å². The highest BCUT2D eigenvalue weighted by molar-refractivity contribution is 5.75. The van der Waals surface area contributed by atoms with Gasteiger partial charge in [0.2, 0.25) is 5.91 Å². The van der Waals surface area contributed by atoms with E-state index in [-0.39, 0.29) is 17.6 Å². The minimum absolute atomic E-state index is 0.0161. The molecule has 1 rings (SSSR count). The Hall–Kier alpha value is -1.42. The van der Waals surface area contributed by atoms with Gasteiger partial charge in [0.25, 0.3) is 0 Å². The third-order valence-electron chi connectivity index (χ3n) is 2.70. The van der Waals surface area contributed by atoms with E-state index in [1.165, 1.54) is 12.1 Å². The van der Waals surface area contributed by atoms with Gasteiger partial charge in [-0.15, -0.1) is 0 Å². The minimum atomic E-state index is -0.265. The fourth-order valence-corrected chi connectivity index (χ4v) is 1.77. The minimum Gasteiger partial charge on any atom is -0.356 e. The van der Waals surface area contributed by atoms with Crippen LogP contribution in [0.15, 0.2) is 24.3 Å². The molecule has 0 fully saturated rings. The molecule has 94 valence electrons. The van der Waals surface area contributed by atoms with Crippen molar-refractivity contribution < 1.29 is 9.18 Å². The van der Waals surface area contributed by atoms with E-state index in [4.69, 9.17) is 5.73 Å². The van der Waals surface area contributed by atoms with E-state index in [0.29, 0.717) is 25.9 Å². The molecule has 17 heavy (non-hydrogen) atoms. The summed E-state index contributed by atoms with van der Waals surface area (Å²) in [6.45, 7) is 2.93. The summed E-state index contributed by atoms with van der Waals surface area (Å²) in [5.41, 5.74) is 6.52. The highest BCUT2D eigenvalue weighted by Gasteiger charge is 2.12. The number of benzene rings is 1. The third-order valence-corrected chi connectivity index (χ3v) is 2.70. The zero-order valence-electron chi connectivity index (χ0n) is 10.1. The fourth-order valence-electron chi connectivity index (χ4n) is 1.77. The van der Waals surface area contributed by atoms with E-state index in [9.17, 15) is 9.18 Å². The second kappa shape index (κ2) is 7.01. The molecule has 3 nitrogen and oxygen atoms in total. The number of hydrogen-bond acceptors (Lipinski definition) is 2. The molecule has 0 aliphatic carbocycles. The summed E-state index contributed by atoms with van der Waals surface area (Å²) in [6, 6.07) is 6.40. The molecule has 0 aliphatic heterocycles. The van der Waals surface area contributed by atoms with Gasteiger partial charge in [-0.1, -0.05) is 12.1 Å². The summed E-state index contributed by atoms with van der Waals surface area (Å²) in [5, 5.41) is 2.73. The second-order valence-corrected chi connectivity index (χ2v) is 3.98. The maximum atomic E-state index is 13.1. The molecule has 1 amide bonds. The number of nitrogens with one attached hydrogen (secondary N) is 1. The lowest BCUT2D eigenvalue weighted by atomic mass is 9.94. The Morgan fingerprint density at radius 2 is 2.29 bits per heavy atom. The van der Waals surface area contributed by atoms with Gasteiger partial charge >= 0.3 is 0 Å². The van der Waals surface area contributed by atoms with E-state index in [1.807, 2.05) is 13.0 Å². The summed E-state index contributed by atoms with van der Waals surface area (Å²) in [7, 11) is 0. The number of amides is 1. The normalized spacial score (nSPS) is 12.2. The van der Waals surface area contributed by atoms with Crippen LogP contribution in [0.4, 0.5) is 4.39 Å². The predicted octanol–water partition coefficient (Wildman–Crippen LogP) is 1.78. The van der Waals surface area contributed by atoms with Crippen molar-refractivity contribution >= 4 is 5.91 Å². The Morgan fingerprint density at radius 1 is 1.53 bits per heavy atom. The van der Waals surface area contributed by atoms with E-state index in [0.717, 1.165) is 5.56 Å². The molecule has 0 saturated carbocycles. The summed E-state index contributed by atoms with van der Waals surface area (Å²) in [6.07, 6.45) is 1.07. The Morgan fingerprint density at radius 3 is 2.88 bits per heavy atom. The van der Waals surface area contributed by atoms with Gasteiger partial charge in [-0.3, -0.25) is 4.79 Å². The average molecular weight is 238 g/mol. The van der Waals surface area contributed by atoms with Gasteiger partial charge in [-0.2, -0.15) is 0 Å². The first kappa shape index (κ1) is 13.6. The molecule has 0 saturated heterocycles. The first-order chi connectivity index (χ1) is 8.17. The number of rotatable bonds is 6.